The average molecular weight is 296 g/mol. The number of carboxylic acids is 1. The van der Waals surface area contributed by atoms with E-state index in [0.717, 1.165) is 19.4 Å². The summed E-state index contributed by atoms with van der Waals surface area (Å²) in [6, 6.07) is -0.746. The van der Waals surface area contributed by atoms with Crippen LogP contribution in [-0.2, 0) is 4.79 Å². The predicted octanol–water partition coefficient (Wildman–Crippen LogP) is 2.85. The highest BCUT2D eigenvalue weighted by molar-refractivity contribution is 5.83. The van der Waals surface area contributed by atoms with Gasteiger partial charge in [-0.05, 0) is 37.0 Å². The molecule has 1 aliphatic carbocycles. The molecule has 0 aromatic rings. The second-order valence-corrected chi connectivity index (χ2v) is 7.53. The lowest BCUT2D eigenvalue weighted by molar-refractivity contribution is -0.142. The van der Waals surface area contributed by atoms with Crippen LogP contribution in [0, 0.1) is 11.3 Å². The molecular formula is C16H28N2O3. The molecule has 1 aliphatic heterocycles. The molecule has 2 N–H and O–H groups in total. The van der Waals surface area contributed by atoms with Gasteiger partial charge in [0.05, 0.1) is 0 Å². The first-order valence-corrected chi connectivity index (χ1v) is 8.10. The minimum atomic E-state index is -0.965. The van der Waals surface area contributed by atoms with Crippen molar-refractivity contribution in [1.29, 1.82) is 0 Å². The first-order chi connectivity index (χ1) is 9.80. The van der Waals surface area contributed by atoms with E-state index >= 15 is 0 Å². The number of carbonyl (C=O) groups excluding carboxylic acids is 1. The lowest BCUT2D eigenvalue weighted by atomic mass is 9.78. The number of aliphatic carboxylic acids is 1. The van der Waals surface area contributed by atoms with Crippen molar-refractivity contribution in [3.63, 3.8) is 0 Å². The molecule has 0 bridgehead atoms. The minimum Gasteiger partial charge on any atom is -0.480 e. The van der Waals surface area contributed by atoms with E-state index in [1.807, 2.05) is 25.7 Å². The second kappa shape index (κ2) is 6.24. The number of nitrogens with zero attached hydrogens (tertiary/aromatic N) is 1. The van der Waals surface area contributed by atoms with Crippen molar-refractivity contribution in [1.82, 2.24) is 10.2 Å². The number of fused-ring (bicyclic) bond motifs is 1. The third-order valence-electron chi connectivity index (χ3n) is 4.88. The number of piperidine rings is 1. The SMILES string of the molecule is CC(C)(C)[C@H](NC(=O)N1CCCC2CCCCC21)C(=O)O. The number of nitrogens with one attached hydrogen (secondary N) is 1. The van der Waals surface area contributed by atoms with Crippen LogP contribution in [0.3, 0.4) is 0 Å². The zero-order valence-electron chi connectivity index (χ0n) is 13.4. The number of amides is 2. The van der Waals surface area contributed by atoms with Crippen LogP contribution in [0.1, 0.15) is 59.3 Å². The van der Waals surface area contributed by atoms with Crippen molar-refractivity contribution in [2.45, 2.75) is 71.4 Å². The largest absolute Gasteiger partial charge is 0.480 e. The fourth-order valence-electron chi connectivity index (χ4n) is 3.73. The summed E-state index contributed by atoms with van der Waals surface area (Å²) >= 11 is 0. The zero-order valence-corrected chi connectivity index (χ0v) is 13.4. The quantitative estimate of drug-likeness (QED) is 0.823. The Bertz CT molecular complexity index is 401. The Morgan fingerprint density at radius 2 is 1.76 bits per heavy atom. The second-order valence-electron chi connectivity index (χ2n) is 7.53. The summed E-state index contributed by atoms with van der Waals surface area (Å²) in [5.74, 6) is -0.357. The van der Waals surface area contributed by atoms with Crippen molar-refractivity contribution in [2.24, 2.45) is 11.3 Å². The lowest BCUT2D eigenvalue weighted by Gasteiger charge is -2.44. The molecule has 0 spiro atoms. The monoisotopic (exact) mass is 296 g/mol. The van der Waals surface area contributed by atoms with Crippen molar-refractivity contribution in [3.05, 3.63) is 0 Å². The van der Waals surface area contributed by atoms with E-state index in [0.29, 0.717) is 12.0 Å². The molecular weight excluding hydrogens is 268 g/mol. The van der Waals surface area contributed by atoms with E-state index in [1.165, 1.54) is 25.7 Å². The van der Waals surface area contributed by atoms with Crippen LogP contribution in [-0.4, -0.2) is 40.6 Å². The third kappa shape index (κ3) is 3.69. The van der Waals surface area contributed by atoms with Crippen LogP contribution in [0.4, 0.5) is 4.79 Å². The Hall–Kier alpha value is -1.26. The van der Waals surface area contributed by atoms with Gasteiger partial charge in [0.1, 0.15) is 6.04 Å². The van der Waals surface area contributed by atoms with E-state index in [2.05, 4.69) is 5.32 Å². The maximum absolute atomic E-state index is 12.6. The summed E-state index contributed by atoms with van der Waals surface area (Å²) in [5, 5.41) is 12.1. The highest BCUT2D eigenvalue weighted by Gasteiger charge is 2.39. The van der Waals surface area contributed by atoms with Crippen LogP contribution in [0.5, 0.6) is 0 Å². The topological polar surface area (TPSA) is 69.6 Å². The molecule has 2 rings (SSSR count). The number of carbonyl (C=O) groups is 2. The molecule has 2 amide bonds. The summed E-state index contributed by atoms with van der Waals surface area (Å²) in [5.41, 5.74) is -0.497. The van der Waals surface area contributed by atoms with Gasteiger partial charge in [0.2, 0.25) is 0 Å². The molecule has 21 heavy (non-hydrogen) atoms. The number of carboxylic acid groups (broad SMARTS) is 1. The van der Waals surface area contributed by atoms with Gasteiger partial charge < -0.3 is 15.3 Å². The molecule has 2 aliphatic rings. The number of hydrogen-bond acceptors (Lipinski definition) is 2. The van der Waals surface area contributed by atoms with Crippen molar-refractivity contribution in [3.8, 4) is 0 Å². The molecule has 2 unspecified atom stereocenters. The number of rotatable bonds is 2. The summed E-state index contributed by atoms with van der Waals surface area (Å²) in [6.07, 6.45) is 6.93. The zero-order chi connectivity index (χ0) is 15.6. The standard InChI is InChI=1S/C16H28N2O3/c1-16(2,3)13(14(19)20)17-15(21)18-10-6-8-11-7-4-5-9-12(11)18/h11-13H,4-10H2,1-3H3,(H,17,21)(H,19,20)/t11?,12?,13-/m1/s1. The molecule has 2 fully saturated rings. The smallest absolute Gasteiger partial charge is 0.326 e. The summed E-state index contributed by atoms with van der Waals surface area (Å²) in [6.45, 7) is 6.27. The summed E-state index contributed by atoms with van der Waals surface area (Å²) in [4.78, 5) is 25.9. The molecule has 3 atom stereocenters. The van der Waals surface area contributed by atoms with Gasteiger partial charge in [-0.25, -0.2) is 9.59 Å². The Kier molecular flexibility index (Phi) is 4.79. The third-order valence-corrected chi connectivity index (χ3v) is 4.88. The van der Waals surface area contributed by atoms with Gasteiger partial charge >= 0.3 is 12.0 Å². The predicted molar refractivity (Wildman–Crippen MR) is 81.1 cm³/mol. The van der Waals surface area contributed by atoms with Crippen molar-refractivity contribution < 1.29 is 14.7 Å². The van der Waals surface area contributed by atoms with Gasteiger partial charge in [-0.2, -0.15) is 0 Å². The van der Waals surface area contributed by atoms with E-state index in [1.54, 1.807) is 0 Å². The van der Waals surface area contributed by atoms with Crippen molar-refractivity contribution >= 4 is 12.0 Å². The maximum atomic E-state index is 12.6. The van der Waals surface area contributed by atoms with E-state index in [-0.39, 0.29) is 6.03 Å². The van der Waals surface area contributed by atoms with Gasteiger partial charge in [-0.3, -0.25) is 0 Å². The Morgan fingerprint density at radius 3 is 2.38 bits per heavy atom. The van der Waals surface area contributed by atoms with Crippen LogP contribution in [0.2, 0.25) is 0 Å². The Balaban J connectivity index is 2.06. The fraction of sp³-hybridized carbons (Fsp3) is 0.875. The lowest BCUT2D eigenvalue weighted by Crippen LogP contribution is -2.58. The number of hydrogen-bond donors (Lipinski definition) is 2. The highest BCUT2D eigenvalue weighted by Crippen LogP contribution is 2.35. The van der Waals surface area contributed by atoms with Crippen LogP contribution >= 0.6 is 0 Å². The molecule has 1 saturated heterocycles. The van der Waals surface area contributed by atoms with Crippen LogP contribution in [0.25, 0.3) is 0 Å². The first-order valence-electron chi connectivity index (χ1n) is 8.10. The molecule has 0 aromatic carbocycles. The maximum Gasteiger partial charge on any atom is 0.326 e. The normalized spacial score (nSPS) is 27.7. The molecule has 120 valence electrons. The summed E-state index contributed by atoms with van der Waals surface area (Å²) < 4.78 is 0. The molecule has 1 saturated carbocycles. The molecule has 0 radical (unpaired) electrons. The van der Waals surface area contributed by atoms with E-state index in [9.17, 15) is 14.7 Å². The Morgan fingerprint density at radius 1 is 1.14 bits per heavy atom. The van der Waals surface area contributed by atoms with Gasteiger partial charge in [-0.1, -0.05) is 33.6 Å². The van der Waals surface area contributed by atoms with Crippen LogP contribution in [0.15, 0.2) is 0 Å². The minimum absolute atomic E-state index is 0.200. The molecule has 5 nitrogen and oxygen atoms in total. The first kappa shape index (κ1) is 16.1. The molecule has 0 aromatic heterocycles. The van der Waals surface area contributed by atoms with E-state index in [4.69, 9.17) is 0 Å². The Labute approximate surface area is 127 Å². The van der Waals surface area contributed by atoms with Gasteiger partial charge in [0, 0.05) is 12.6 Å². The molecule has 5 heteroatoms. The average Bonchev–Trinajstić information content (AvgIpc) is 2.42. The van der Waals surface area contributed by atoms with Crippen LogP contribution < -0.4 is 5.32 Å². The highest BCUT2D eigenvalue weighted by atomic mass is 16.4. The van der Waals surface area contributed by atoms with E-state index < -0.39 is 17.4 Å². The molecule has 1 heterocycles. The summed E-state index contributed by atoms with van der Waals surface area (Å²) in [7, 11) is 0. The number of likely N-dealkylation sites (tertiary alicyclic amines) is 1. The number of urea groups is 1. The van der Waals surface area contributed by atoms with Crippen molar-refractivity contribution in [2.75, 3.05) is 6.54 Å². The van der Waals surface area contributed by atoms with Gasteiger partial charge in [-0.15, -0.1) is 0 Å². The van der Waals surface area contributed by atoms with Gasteiger partial charge in [0.15, 0.2) is 0 Å². The van der Waals surface area contributed by atoms with Gasteiger partial charge in [0.25, 0.3) is 0 Å². The fourth-order valence-corrected chi connectivity index (χ4v) is 3.73.